The average Bonchev–Trinajstić information content (AvgIpc) is 2.30. The van der Waals surface area contributed by atoms with Gasteiger partial charge in [-0.3, -0.25) is 0 Å². The van der Waals surface area contributed by atoms with Gasteiger partial charge in [-0.2, -0.15) is 0 Å². The smallest absolute Gasteiger partial charge is 0.101 e. The Morgan fingerprint density at radius 2 is 1.24 bits per heavy atom. The van der Waals surface area contributed by atoms with E-state index in [0.717, 1.165) is 11.8 Å². The van der Waals surface area contributed by atoms with Gasteiger partial charge in [0.25, 0.3) is 0 Å². The maximum absolute atomic E-state index is 2.52. The van der Waals surface area contributed by atoms with Gasteiger partial charge in [-0.05, 0) is 11.8 Å². The van der Waals surface area contributed by atoms with Crippen LogP contribution in [0.25, 0.3) is 0 Å². The van der Waals surface area contributed by atoms with Crippen LogP contribution in [0.1, 0.15) is 84.0 Å². The van der Waals surface area contributed by atoms with Crippen molar-refractivity contribution < 1.29 is 0 Å². The van der Waals surface area contributed by atoms with Crippen LogP contribution in [0, 0.1) is 11.8 Å². The minimum Gasteiger partial charge on any atom is -0.101 e. The summed E-state index contributed by atoms with van der Waals surface area (Å²) in [5.41, 5.74) is 0. The first-order chi connectivity index (χ1) is 8.34. The van der Waals surface area contributed by atoms with Gasteiger partial charge in [-0.25, -0.2) is 0 Å². The highest BCUT2D eigenvalue weighted by molar-refractivity contribution is 6.08. The van der Waals surface area contributed by atoms with Gasteiger partial charge < -0.3 is 0 Å². The predicted molar refractivity (Wildman–Crippen MR) is 81.4 cm³/mol. The second-order valence-corrected chi connectivity index (χ2v) is 7.29. The van der Waals surface area contributed by atoms with Crippen molar-refractivity contribution in [3.05, 3.63) is 0 Å². The van der Waals surface area contributed by atoms with E-state index >= 15 is 0 Å². The van der Waals surface area contributed by atoms with E-state index in [4.69, 9.17) is 0 Å². The highest BCUT2D eigenvalue weighted by Crippen LogP contribution is 2.29. The molecule has 100 valence electrons. The van der Waals surface area contributed by atoms with Crippen LogP contribution in [0.3, 0.4) is 0 Å². The summed E-state index contributed by atoms with van der Waals surface area (Å²) in [6.45, 7) is 2.52. The SMILES string of the molecule is CC(C[CH2][AlH2])C1CCCCCCCCCCC1. The molecule has 0 heterocycles. The van der Waals surface area contributed by atoms with E-state index < -0.39 is 0 Å². The van der Waals surface area contributed by atoms with Crippen LogP contribution in [-0.2, 0) is 0 Å². The second-order valence-electron chi connectivity index (χ2n) is 6.29. The van der Waals surface area contributed by atoms with E-state index in [1.807, 2.05) is 0 Å². The van der Waals surface area contributed by atoms with E-state index in [-0.39, 0.29) is 0 Å². The summed E-state index contributed by atoms with van der Waals surface area (Å²) >= 11 is 1.40. The fraction of sp³-hybridized carbons (Fsp3) is 1.00. The van der Waals surface area contributed by atoms with Gasteiger partial charge in [-0.1, -0.05) is 84.0 Å². The number of hydrogen-bond donors (Lipinski definition) is 0. The first-order valence-corrected chi connectivity index (χ1v) is 9.76. The molecule has 0 aromatic carbocycles. The molecule has 0 saturated heterocycles. The summed E-state index contributed by atoms with van der Waals surface area (Å²) < 4.78 is 0. The lowest BCUT2D eigenvalue weighted by Gasteiger charge is -2.24. The van der Waals surface area contributed by atoms with E-state index in [1.165, 1.54) is 98.6 Å². The Labute approximate surface area is 117 Å². The zero-order valence-electron chi connectivity index (χ0n) is 12.3. The van der Waals surface area contributed by atoms with Crippen molar-refractivity contribution in [3.63, 3.8) is 0 Å². The molecular formula is C16H33Al. The van der Waals surface area contributed by atoms with Gasteiger partial charge in [0.15, 0.2) is 0 Å². The van der Waals surface area contributed by atoms with E-state index in [1.54, 1.807) is 0 Å². The zero-order chi connectivity index (χ0) is 12.3. The molecule has 1 saturated carbocycles. The Hall–Kier alpha value is 0.532. The van der Waals surface area contributed by atoms with Crippen molar-refractivity contribution in [2.45, 2.75) is 89.3 Å². The van der Waals surface area contributed by atoms with Crippen LogP contribution in [-0.4, -0.2) is 16.3 Å². The molecule has 1 fully saturated rings. The Balaban J connectivity index is 2.31. The third kappa shape index (κ3) is 7.53. The molecule has 0 aromatic rings. The van der Waals surface area contributed by atoms with Crippen molar-refractivity contribution in [1.82, 2.24) is 0 Å². The molecule has 1 atom stereocenters. The molecule has 17 heavy (non-hydrogen) atoms. The summed E-state index contributed by atoms with van der Waals surface area (Å²) in [6, 6.07) is 0. The molecule has 0 radical (unpaired) electrons. The summed E-state index contributed by atoms with van der Waals surface area (Å²) in [4.78, 5) is 0. The Kier molecular flexibility index (Phi) is 9.59. The largest absolute Gasteiger partial charge is 0.211 e. The molecule has 0 spiro atoms. The van der Waals surface area contributed by atoms with Crippen molar-refractivity contribution in [1.29, 1.82) is 0 Å². The highest BCUT2D eigenvalue weighted by atomic mass is 27.0. The third-order valence-electron chi connectivity index (χ3n) is 4.70. The lowest BCUT2D eigenvalue weighted by atomic mass is 9.83. The predicted octanol–water partition coefficient (Wildman–Crippen LogP) is 4.98. The molecule has 0 aliphatic heterocycles. The molecule has 0 amide bonds. The summed E-state index contributed by atoms with van der Waals surface area (Å²) in [6.07, 6.45) is 18.1. The molecule has 1 rings (SSSR count). The molecule has 1 aliphatic rings. The minimum atomic E-state index is 1.01. The van der Waals surface area contributed by atoms with Crippen LogP contribution in [0.2, 0.25) is 5.28 Å². The average molecular weight is 252 g/mol. The molecule has 1 aliphatic carbocycles. The molecule has 0 nitrogen and oxygen atoms in total. The fourth-order valence-corrected chi connectivity index (χ4v) is 4.37. The van der Waals surface area contributed by atoms with Gasteiger partial charge in [0.2, 0.25) is 16.3 Å². The van der Waals surface area contributed by atoms with Crippen LogP contribution < -0.4 is 0 Å². The van der Waals surface area contributed by atoms with Gasteiger partial charge in [-0.15, -0.1) is 5.28 Å². The van der Waals surface area contributed by atoms with Crippen LogP contribution >= 0.6 is 0 Å². The lowest BCUT2D eigenvalue weighted by molar-refractivity contribution is 0.286. The lowest BCUT2D eigenvalue weighted by Crippen LogP contribution is -2.12. The summed E-state index contributed by atoms with van der Waals surface area (Å²) in [7, 11) is 0. The highest BCUT2D eigenvalue weighted by Gasteiger charge is 2.16. The zero-order valence-corrected chi connectivity index (χ0v) is 14.3. The maximum atomic E-state index is 2.52. The minimum absolute atomic E-state index is 1.01. The standard InChI is InChI=1S/C16H31.Al.2H/c1-3-15(2)16-13-11-9-7-5-4-6-8-10-12-14-16;;;/h15-16H,1,3-14H2,2H3;;;. The molecule has 1 unspecified atom stereocenters. The molecular weight excluding hydrogens is 219 g/mol. The maximum Gasteiger partial charge on any atom is 0.211 e. The monoisotopic (exact) mass is 252 g/mol. The molecule has 1 heteroatoms. The van der Waals surface area contributed by atoms with Crippen molar-refractivity contribution >= 4 is 16.3 Å². The molecule has 0 N–H and O–H groups in total. The van der Waals surface area contributed by atoms with Crippen LogP contribution in [0.5, 0.6) is 0 Å². The van der Waals surface area contributed by atoms with E-state index in [2.05, 4.69) is 6.92 Å². The topological polar surface area (TPSA) is 0 Å². The Morgan fingerprint density at radius 1 is 0.824 bits per heavy atom. The van der Waals surface area contributed by atoms with Gasteiger partial charge >= 0.3 is 0 Å². The second kappa shape index (κ2) is 10.5. The normalized spacial score (nSPS) is 23.6. The van der Waals surface area contributed by atoms with Crippen LogP contribution in [0.4, 0.5) is 0 Å². The molecule has 0 bridgehead atoms. The Bertz CT molecular complexity index is 155. The quantitative estimate of drug-likeness (QED) is 0.621. The first-order valence-electron chi connectivity index (χ1n) is 8.34. The van der Waals surface area contributed by atoms with Crippen molar-refractivity contribution in [2.75, 3.05) is 0 Å². The van der Waals surface area contributed by atoms with E-state index in [0.29, 0.717) is 0 Å². The first kappa shape index (κ1) is 15.6. The van der Waals surface area contributed by atoms with Gasteiger partial charge in [0, 0.05) is 0 Å². The van der Waals surface area contributed by atoms with Crippen molar-refractivity contribution in [2.24, 2.45) is 11.8 Å². The molecule has 0 aromatic heterocycles. The van der Waals surface area contributed by atoms with Crippen LogP contribution in [0.15, 0.2) is 0 Å². The summed E-state index contributed by atoms with van der Waals surface area (Å²) in [5.74, 6) is 2.07. The number of rotatable bonds is 3. The van der Waals surface area contributed by atoms with Crippen molar-refractivity contribution in [3.8, 4) is 0 Å². The Morgan fingerprint density at radius 3 is 1.65 bits per heavy atom. The van der Waals surface area contributed by atoms with E-state index in [9.17, 15) is 0 Å². The summed E-state index contributed by atoms with van der Waals surface area (Å²) in [5, 5.41) is 1.51. The fourth-order valence-electron chi connectivity index (χ4n) is 3.45. The third-order valence-corrected chi connectivity index (χ3v) is 5.28. The van der Waals surface area contributed by atoms with Gasteiger partial charge in [0.1, 0.15) is 0 Å². The number of hydrogen-bond acceptors (Lipinski definition) is 0. The van der Waals surface area contributed by atoms with Gasteiger partial charge in [0.05, 0.1) is 0 Å².